The number of hydrogen-bond acceptors (Lipinski definition) is 5. The van der Waals surface area contributed by atoms with E-state index in [4.69, 9.17) is 11.5 Å². The summed E-state index contributed by atoms with van der Waals surface area (Å²) in [6.45, 7) is 2.01. The fraction of sp³-hybridized carbons (Fsp3) is 0.0714. The quantitative estimate of drug-likeness (QED) is 0.696. The molecule has 7 heteroatoms. The largest absolute Gasteiger partial charge is 0.399 e. The minimum atomic E-state index is 0.537. The van der Waals surface area contributed by atoms with Crippen LogP contribution in [0.1, 0.15) is 5.56 Å². The summed E-state index contributed by atoms with van der Waals surface area (Å²) in [5.74, 6) is 0.568. The second kappa shape index (κ2) is 5.17. The van der Waals surface area contributed by atoms with E-state index >= 15 is 0 Å². The lowest BCUT2D eigenvalue weighted by Crippen LogP contribution is -2.03. The molecule has 0 aliphatic carbocycles. The predicted molar refractivity (Wildman–Crippen MR) is 85.9 cm³/mol. The monoisotopic (exact) mass is 344 g/mol. The number of benzene rings is 2. The van der Waals surface area contributed by atoms with E-state index in [1.807, 2.05) is 31.2 Å². The van der Waals surface area contributed by atoms with Crippen molar-refractivity contribution in [3.05, 3.63) is 46.4 Å². The van der Waals surface area contributed by atoms with Crippen LogP contribution < -0.4 is 11.5 Å². The maximum atomic E-state index is 6.03. The van der Waals surface area contributed by atoms with Crippen molar-refractivity contribution in [1.82, 2.24) is 20.2 Å². The van der Waals surface area contributed by atoms with Crippen molar-refractivity contribution in [1.29, 1.82) is 0 Å². The molecule has 0 unspecified atom stereocenters. The lowest BCUT2D eigenvalue weighted by molar-refractivity contribution is 0.788. The number of hydrogen-bond donors (Lipinski definition) is 2. The van der Waals surface area contributed by atoms with Gasteiger partial charge in [-0.3, -0.25) is 0 Å². The Balaban J connectivity index is 2.20. The van der Waals surface area contributed by atoms with Gasteiger partial charge in [0.05, 0.1) is 5.69 Å². The molecule has 106 valence electrons. The van der Waals surface area contributed by atoms with E-state index in [9.17, 15) is 0 Å². The van der Waals surface area contributed by atoms with Crippen LogP contribution in [0.4, 0.5) is 11.4 Å². The van der Waals surface area contributed by atoms with Crippen LogP contribution in [0.3, 0.4) is 0 Å². The van der Waals surface area contributed by atoms with Gasteiger partial charge in [0.25, 0.3) is 0 Å². The lowest BCUT2D eigenvalue weighted by atomic mass is 10.1. The van der Waals surface area contributed by atoms with E-state index in [1.54, 1.807) is 16.8 Å². The highest BCUT2D eigenvalue weighted by atomic mass is 79.9. The van der Waals surface area contributed by atoms with Gasteiger partial charge in [-0.1, -0.05) is 12.1 Å². The summed E-state index contributed by atoms with van der Waals surface area (Å²) in [4.78, 5) is 0. The van der Waals surface area contributed by atoms with Crippen LogP contribution in [0, 0.1) is 6.92 Å². The highest BCUT2D eigenvalue weighted by Gasteiger charge is 2.16. The molecule has 0 amide bonds. The molecular formula is C14H13BrN6. The maximum Gasteiger partial charge on any atom is 0.189 e. The van der Waals surface area contributed by atoms with Crippen molar-refractivity contribution in [2.24, 2.45) is 0 Å². The molecule has 3 rings (SSSR count). The second-order valence-corrected chi connectivity index (χ2v) is 5.46. The molecule has 0 bridgehead atoms. The Hall–Kier alpha value is -2.41. The number of nitrogens with zero attached hydrogens (tertiary/aromatic N) is 4. The van der Waals surface area contributed by atoms with E-state index in [-0.39, 0.29) is 0 Å². The molecule has 0 atom stereocenters. The Kier molecular flexibility index (Phi) is 3.34. The number of tetrazole rings is 1. The number of anilines is 2. The first-order chi connectivity index (χ1) is 10.1. The zero-order valence-corrected chi connectivity index (χ0v) is 12.9. The number of halogens is 1. The third-order valence-corrected chi connectivity index (χ3v) is 4.22. The standard InChI is InChI=1S/C14H13BrN6/c1-8-3-2-4-12(13(8)15)21-14(18-19-20-21)10-6-5-9(16)7-11(10)17/h2-7H,16-17H2,1H3. The summed E-state index contributed by atoms with van der Waals surface area (Å²) in [6, 6.07) is 11.2. The van der Waals surface area contributed by atoms with Crippen LogP contribution in [0.5, 0.6) is 0 Å². The highest BCUT2D eigenvalue weighted by Crippen LogP contribution is 2.30. The summed E-state index contributed by atoms with van der Waals surface area (Å²) in [5, 5.41) is 11.9. The summed E-state index contributed by atoms with van der Waals surface area (Å²) in [5.41, 5.74) is 15.6. The molecule has 1 aromatic heterocycles. The second-order valence-electron chi connectivity index (χ2n) is 4.67. The van der Waals surface area contributed by atoms with E-state index in [1.165, 1.54) is 0 Å². The maximum absolute atomic E-state index is 6.03. The molecule has 21 heavy (non-hydrogen) atoms. The molecule has 0 fully saturated rings. The van der Waals surface area contributed by atoms with Gasteiger partial charge in [-0.15, -0.1) is 5.10 Å². The zero-order chi connectivity index (χ0) is 15.0. The average Bonchev–Trinajstić information content (AvgIpc) is 2.91. The molecule has 6 nitrogen and oxygen atoms in total. The SMILES string of the molecule is Cc1cccc(-n2nnnc2-c2ccc(N)cc2N)c1Br. The first kappa shape index (κ1) is 13.6. The van der Waals surface area contributed by atoms with E-state index in [2.05, 4.69) is 31.5 Å². The average molecular weight is 345 g/mol. The van der Waals surface area contributed by atoms with E-state index in [0.717, 1.165) is 21.3 Å². The molecule has 0 saturated heterocycles. The molecule has 0 aliphatic heterocycles. The van der Waals surface area contributed by atoms with Gasteiger partial charge >= 0.3 is 0 Å². The number of rotatable bonds is 2. The summed E-state index contributed by atoms with van der Waals surface area (Å²) >= 11 is 3.57. The van der Waals surface area contributed by atoms with Crippen LogP contribution in [0.15, 0.2) is 40.9 Å². The van der Waals surface area contributed by atoms with Crippen molar-refractivity contribution in [3.8, 4) is 17.1 Å². The Bertz CT molecular complexity index is 811. The Morgan fingerprint density at radius 1 is 1.14 bits per heavy atom. The van der Waals surface area contributed by atoms with Crippen LogP contribution in [0.25, 0.3) is 17.1 Å². The highest BCUT2D eigenvalue weighted by molar-refractivity contribution is 9.10. The smallest absolute Gasteiger partial charge is 0.189 e. The summed E-state index contributed by atoms with van der Waals surface area (Å²) in [7, 11) is 0. The van der Waals surface area contributed by atoms with E-state index < -0.39 is 0 Å². The summed E-state index contributed by atoms with van der Waals surface area (Å²) in [6.07, 6.45) is 0. The van der Waals surface area contributed by atoms with Crippen molar-refractivity contribution in [3.63, 3.8) is 0 Å². The minimum Gasteiger partial charge on any atom is -0.399 e. The third kappa shape index (κ3) is 2.36. The van der Waals surface area contributed by atoms with Gasteiger partial charge in [0.1, 0.15) is 0 Å². The fourth-order valence-corrected chi connectivity index (χ4v) is 2.53. The fourth-order valence-electron chi connectivity index (χ4n) is 2.10. The zero-order valence-electron chi connectivity index (χ0n) is 11.3. The van der Waals surface area contributed by atoms with Gasteiger partial charge in [-0.05, 0) is 63.1 Å². The van der Waals surface area contributed by atoms with Crippen LogP contribution >= 0.6 is 15.9 Å². The third-order valence-electron chi connectivity index (χ3n) is 3.19. The van der Waals surface area contributed by atoms with Gasteiger partial charge in [-0.2, -0.15) is 4.68 Å². The Morgan fingerprint density at radius 2 is 1.95 bits per heavy atom. The number of aromatic nitrogens is 4. The molecule has 0 aliphatic rings. The van der Waals surface area contributed by atoms with Crippen molar-refractivity contribution in [2.45, 2.75) is 6.92 Å². The molecule has 1 heterocycles. The molecule has 3 aromatic rings. The van der Waals surface area contributed by atoms with Crippen LogP contribution in [-0.4, -0.2) is 20.2 Å². The van der Waals surface area contributed by atoms with Gasteiger partial charge in [0.2, 0.25) is 0 Å². The van der Waals surface area contributed by atoms with Gasteiger partial charge < -0.3 is 11.5 Å². The summed E-state index contributed by atoms with van der Waals surface area (Å²) < 4.78 is 2.59. The predicted octanol–water partition coefficient (Wildman–Crippen LogP) is 2.56. The van der Waals surface area contributed by atoms with Gasteiger partial charge in [0, 0.05) is 21.4 Å². The van der Waals surface area contributed by atoms with Crippen molar-refractivity contribution in [2.75, 3.05) is 11.5 Å². The Morgan fingerprint density at radius 3 is 2.71 bits per heavy atom. The molecule has 0 saturated carbocycles. The van der Waals surface area contributed by atoms with Crippen LogP contribution in [0.2, 0.25) is 0 Å². The van der Waals surface area contributed by atoms with Gasteiger partial charge in [0.15, 0.2) is 5.82 Å². The number of nitrogen functional groups attached to an aromatic ring is 2. The number of nitrogens with two attached hydrogens (primary N) is 2. The van der Waals surface area contributed by atoms with Gasteiger partial charge in [-0.25, -0.2) is 0 Å². The lowest BCUT2D eigenvalue weighted by Gasteiger charge is -2.10. The molecular weight excluding hydrogens is 332 g/mol. The first-order valence-electron chi connectivity index (χ1n) is 6.27. The minimum absolute atomic E-state index is 0.537. The van der Waals surface area contributed by atoms with Crippen molar-refractivity contribution < 1.29 is 0 Å². The topological polar surface area (TPSA) is 95.6 Å². The number of aryl methyl sites for hydroxylation is 1. The molecule has 2 aromatic carbocycles. The normalized spacial score (nSPS) is 10.8. The Labute approximate surface area is 129 Å². The van der Waals surface area contributed by atoms with Crippen molar-refractivity contribution >= 4 is 27.3 Å². The molecule has 4 N–H and O–H groups in total. The first-order valence-corrected chi connectivity index (χ1v) is 7.06. The van der Waals surface area contributed by atoms with Crippen LogP contribution in [-0.2, 0) is 0 Å². The molecule has 0 radical (unpaired) electrons. The van der Waals surface area contributed by atoms with E-state index in [0.29, 0.717) is 17.2 Å². The molecule has 0 spiro atoms.